The van der Waals surface area contributed by atoms with E-state index in [4.69, 9.17) is 9.47 Å². The number of carbonyl (C=O) groups excluding carboxylic acids is 1. The Kier molecular flexibility index (Phi) is 3.52. The Labute approximate surface area is 112 Å². The van der Waals surface area contributed by atoms with Crippen LogP contribution in [-0.2, 0) is 15.9 Å². The lowest BCUT2D eigenvalue weighted by molar-refractivity contribution is -0.00387. The summed E-state index contributed by atoms with van der Waals surface area (Å²) in [5.41, 5.74) is 1.38. The third-order valence-corrected chi connectivity index (χ3v) is 4.03. The number of ether oxygens (including phenoxy) is 2. The van der Waals surface area contributed by atoms with Gasteiger partial charge in [0.1, 0.15) is 5.60 Å². The second-order valence-electron chi connectivity index (χ2n) is 5.79. The molecule has 0 bridgehead atoms. The second-order valence-corrected chi connectivity index (χ2v) is 6.70. The van der Waals surface area contributed by atoms with Gasteiger partial charge >= 0.3 is 5.97 Å². The third kappa shape index (κ3) is 2.75. The van der Waals surface area contributed by atoms with Crippen LogP contribution in [0.5, 0.6) is 0 Å². The van der Waals surface area contributed by atoms with E-state index in [1.807, 2.05) is 40.0 Å². The predicted octanol–water partition coefficient (Wildman–Crippen LogP) is 3.73. The van der Waals surface area contributed by atoms with Crippen molar-refractivity contribution in [1.29, 1.82) is 0 Å². The number of rotatable bonds is 1. The minimum atomic E-state index is -0.450. The molecule has 3 nitrogen and oxygen atoms in total. The summed E-state index contributed by atoms with van der Waals surface area (Å²) in [6.45, 7) is 9.73. The average Bonchev–Trinajstić information content (AvgIpc) is 2.58. The first-order chi connectivity index (χ1) is 8.28. The number of esters is 1. The van der Waals surface area contributed by atoms with Gasteiger partial charge in [0.15, 0.2) is 0 Å². The highest BCUT2D eigenvalue weighted by molar-refractivity contribution is 7.10. The first-order valence-electron chi connectivity index (χ1n) is 6.27. The topological polar surface area (TPSA) is 35.5 Å². The molecule has 0 N–H and O–H groups in total. The summed E-state index contributed by atoms with van der Waals surface area (Å²) in [7, 11) is 0. The Hall–Kier alpha value is -0.870. The van der Waals surface area contributed by atoms with E-state index in [-0.39, 0.29) is 18.2 Å². The van der Waals surface area contributed by atoms with E-state index in [9.17, 15) is 4.79 Å². The van der Waals surface area contributed by atoms with Gasteiger partial charge in [-0.2, -0.15) is 0 Å². The second kappa shape index (κ2) is 4.67. The standard InChI is InChI=1S/C14H20O3S/c1-8-6-10-11(13(15)17-14(3,4)5)7-18-12(10)9(2)16-8/h7-9H,6H2,1-5H3. The molecule has 0 fully saturated rings. The maximum Gasteiger partial charge on any atom is 0.339 e. The summed E-state index contributed by atoms with van der Waals surface area (Å²) in [5, 5.41) is 1.90. The van der Waals surface area contributed by atoms with Crippen molar-refractivity contribution in [3.05, 3.63) is 21.4 Å². The van der Waals surface area contributed by atoms with E-state index in [0.29, 0.717) is 5.56 Å². The van der Waals surface area contributed by atoms with Crippen LogP contribution >= 0.6 is 11.3 Å². The zero-order valence-electron chi connectivity index (χ0n) is 11.6. The van der Waals surface area contributed by atoms with E-state index in [1.54, 1.807) is 11.3 Å². The summed E-state index contributed by atoms with van der Waals surface area (Å²) in [6, 6.07) is 0. The van der Waals surface area contributed by atoms with Crippen molar-refractivity contribution in [3.63, 3.8) is 0 Å². The van der Waals surface area contributed by atoms with Gasteiger partial charge in [-0.15, -0.1) is 11.3 Å². The zero-order valence-corrected chi connectivity index (χ0v) is 12.4. The van der Waals surface area contributed by atoms with Gasteiger partial charge in [0.25, 0.3) is 0 Å². The molecule has 18 heavy (non-hydrogen) atoms. The monoisotopic (exact) mass is 268 g/mol. The number of hydrogen-bond acceptors (Lipinski definition) is 4. The minimum Gasteiger partial charge on any atom is -0.456 e. The van der Waals surface area contributed by atoms with Crippen molar-refractivity contribution in [3.8, 4) is 0 Å². The van der Waals surface area contributed by atoms with Gasteiger partial charge in [-0.05, 0) is 40.2 Å². The van der Waals surface area contributed by atoms with Crippen molar-refractivity contribution in [2.45, 2.75) is 58.8 Å². The van der Waals surface area contributed by atoms with Crippen molar-refractivity contribution in [1.82, 2.24) is 0 Å². The van der Waals surface area contributed by atoms with E-state index < -0.39 is 5.60 Å². The molecule has 2 rings (SSSR count). The number of fused-ring (bicyclic) bond motifs is 1. The maximum atomic E-state index is 12.2. The first kappa shape index (κ1) is 13.6. The van der Waals surface area contributed by atoms with Crippen LogP contribution in [0.2, 0.25) is 0 Å². The van der Waals surface area contributed by atoms with Gasteiger partial charge in [0.2, 0.25) is 0 Å². The molecule has 1 aliphatic heterocycles. The molecule has 0 aromatic carbocycles. The molecule has 2 heterocycles. The maximum absolute atomic E-state index is 12.2. The van der Waals surface area contributed by atoms with E-state index in [2.05, 4.69) is 0 Å². The van der Waals surface area contributed by atoms with Crippen LogP contribution in [0.4, 0.5) is 0 Å². The summed E-state index contributed by atoms with van der Waals surface area (Å²) >= 11 is 1.59. The molecular formula is C14H20O3S. The molecule has 0 spiro atoms. The lowest BCUT2D eigenvalue weighted by atomic mass is 9.99. The highest BCUT2D eigenvalue weighted by Gasteiger charge is 2.30. The summed E-state index contributed by atoms with van der Waals surface area (Å²) < 4.78 is 11.2. The predicted molar refractivity (Wildman–Crippen MR) is 72.2 cm³/mol. The van der Waals surface area contributed by atoms with E-state index in [1.165, 1.54) is 0 Å². The molecular weight excluding hydrogens is 248 g/mol. The molecule has 100 valence electrons. The zero-order chi connectivity index (χ0) is 13.5. The van der Waals surface area contributed by atoms with Crippen molar-refractivity contribution < 1.29 is 14.3 Å². The largest absolute Gasteiger partial charge is 0.456 e. The van der Waals surface area contributed by atoms with E-state index >= 15 is 0 Å². The van der Waals surface area contributed by atoms with Crippen molar-refractivity contribution in [2.75, 3.05) is 0 Å². The number of hydrogen-bond donors (Lipinski definition) is 0. The summed E-state index contributed by atoms with van der Waals surface area (Å²) in [5.74, 6) is -0.221. The molecule has 2 unspecified atom stereocenters. The normalized spacial score (nSPS) is 23.6. The molecule has 0 saturated heterocycles. The summed E-state index contributed by atoms with van der Waals surface area (Å²) in [4.78, 5) is 13.3. The quantitative estimate of drug-likeness (QED) is 0.728. The highest BCUT2D eigenvalue weighted by Crippen LogP contribution is 2.37. The molecule has 1 aromatic heterocycles. The van der Waals surface area contributed by atoms with Gasteiger partial charge in [-0.3, -0.25) is 0 Å². The van der Waals surface area contributed by atoms with Gasteiger partial charge in [0, 0.05) is 16.7 Å². The van der Waals surface area contributed by atoms with Gasteiger partial charge < -0.3 is 9.47 Å². The average molecular weight is 268 g/mol. The van der Waals surface area contributed by atoms with Crippen LogP contribution in [0.3, 0.4) is 0 Å². The molecule has 0 amide bonds. The number of thiophene rings is 1. The molecule has 0 aliphatic carbocycles. The van der Waals surface area contributed by atoms with Crippen LogP contribution in [-0.4, -0.2) is 17.7 Å². The van der Waals surface area contributed by atoms with Gasteiger partial charge in [-0.25, -0.2) is 4.79 Å². The van der Waals surface area contributed by atoms with Crippen LogP contribution < -0.4 is 0 Å². The van der Waals surface area contributed by atoms with E-state index in [0.717, 1.165) is 16.9 Å². The number of carbonyl (C=O) groups is 1. The lowest BCUT2D eigenvalue weighted by Gasteiger charge is -2.26. The van der Waals surface area contributed by atoms with Crippen molar-refractivity contribution >= 4 is 17.3 Å². The molecule has 2 atom stereocenters. The minimum absolute atomic E-state index is 0.0740. The van der Waals surface area contributed by atoms with Crippen LogP contribution in [0, 0.1) is 0 Å². The Morgan fingerprint density at radius 3 is 2.72 bits per heavy atom. The molecule has 1 aliphatic rings. The molecule has 0 radical (unpaired) electrons. The van der Waals surface area contributed by atoms with Gasteiger partial charge in [0.05, 0.1) is 17.8 Å². The summed E-state index contributed by atoms with van der Waals surface area (Å²) in [6.07, 6.45) is 1.02. The Morgan fingerprint density at radius 2 is 2.11 bits per heavy atom. The van der Waals surface area contributed by atoms with Gasteiger partial charge in [-0.1, -0.05) is 0 Å². The Balaban J connectivity index is 2.28. The fourth-order valence-corrected chi connectivity index (χ4v) is 3.27. The van der Waals surface area contributed by atoms with Crippen molar-refractivity contribution in [2.24, 2.45) is 0 Å². The first-order valence-corrected chi connectivity index (χ1v) is 7.15. The van der Waals surface area contributed by atoms with Crippen LogP contribution in [0.25, 0.3) is 0 Å². The smallest absolute Gasteiger partial charge is 0.339 e. The fraction of sp³-hybridized carbons (Fsp3) is 0.643. The molecule has 4 heteroatoms. The molecule has 0 saturated carbocycles. The van der Waals surface area contributed by atoms with Crippen LogP contribution in [0.15, 0.2) is 5.38 Å². The highest BCUT2D eigenvalue weighted by atomic mass is 32.1. The third-order valence-electron chi connectivity index (χ3n) is 2.84. The SMILES string of the molecule is CC1Cc2c(C(=O)OC(C)(C)C)csc2C(C)O1. The Morgan fingerprint density at radius 1 is 1.44 bits per heavy atom. The lowest BCUT2D eigenvalue weighted by Crippen LogP contribution is -2.26. The van der Waals surface area contributed by atoms with Crippen LogP contribution in [0.1, 0.15) is 61.5 Å². The Bertz CT molecular complexity index is 456. The molecule has 1 aromatic rings. The fourth-order valence-electron chi connectivity index (χ4n) is 2.20.